The lowest BCUT2D eigenvalue weighted by Crippen LogP contribution is -2.10. The molecule has 0 atom stereocenters. The van der Waals surface area contributed by atoms with Gasteiger partial charge in [-0.2, -0.15) is 0 Å². The van der Waals surface area contributed by atoms with Crippen molar-refractivity contribution in [3.05, 3.63) is 212 Å². The molecule has 0 aliphatic rings. The van der Waals surface area contributed by atoms with Gasteiger partial charge in [0.25, 0.3) is 0 Å². The molecule has 0 amide bonds. The van der Waals surface area contributed by atoms with E-state index in [-0.39, 0.29) is 0 Å². The van der Waals surface area contributed by atoms with Crippen LogP contribution < -0.4 is 4.90 Å². The number of benzene rings is 8. The molecule has 0 N–H and O–H groups in total. The Morgan fingerprint density at radius 3 is 1.31 bits per heavy atom. The summed E-state index contributed by atoms with van der Waals surface area (Å²) in [6, 6.07) is 74.6. The Balaban J connectivity index is 1.06. The van der Waals surface area contributed by atoms with Crippen LogP contribution in [-0.4, -0.2) is 19.3 Å². The lowest BCUT2D eigenvalue weighted by atomic mass is 10.0. The molecule has 2 aromatic heterocycles. The molecule has 260 valence electrons. The Morgan fingerprint density at radius 2 is 0.727 bits per heavy atom. The summed E-state index contributed by atoms with van der Waals surface area (Å²) >= 11 is 0. The quantitative estimate of drug-likeness (QED) is 0.158. The van der Waals surface area contributed by atoms with E-state index < -0.39 is 0 Å². The van der Waals surface area contributed by atoms with Crippen molar-refractivity contribution in [3.8, 4) is 45.3 Å². The molecular weight excluding hydrogens is 671 g/mol. The minimum atomic E-state index is 0.782. The van der Waals surface area contributed by atoms with E-state index in [2.05, 4.69) is 202 Å². The SMILES string of the molecule is c1ccc(-c2cccc(-c3nnc(-c4ccccc4)n3-c3ccc(N(c4ccccc4)c4ccc(-n5c6ccccc6c6ccccc65)cc4)cc3)c2)cc1. The Labute approximate surface area is 319 Å². The van der Waals surface area contributed by atoms with Gasteiger partial charge in [0.05, 0.1) is 11.0 Å². The Kier molecular flexibility index (Phi) is 8.08. The van der Waals surface area contributed by atoms with Crippen LogP contribution in [0, 0.1) is 0 Å². The second kappa shape index (κ2) is 13.8. The van der Waals surface area contributed by atoms with E-state index in [1.165, 1.54) is 21.8 Å². The standard InChI is InChI=1S/C50H35N5/c1-4-15-36(16-5-1)38-19-14-20-39(35-38)50-52-51-49(37-17-6-2-7-18-37)55(50)44-33-29-42(30-34-44)53(40-21-8-3-9-22-40)41-27-31-43(32-28-41)54-47-25-12-10-23-45(47)46-24-11-13-26-48(46)54/h1-35H. The largest absolute Gasteiger partial charge is 0.311 e. The van der Waals surface area contributed by atoms with Crippen LogP contribution in [0.3, 0.4) is 0 Å². The highest BCUT2D eigenvalue weighted by atomic mass is 15.3. The van der Waals surface area contributed by atoms with Gasteiger partial charge >= 0.3 is 0 Å². The van der Waals surface area contributed by atoms with E-state index in [1.54, 1.807) is 0 Å². The van der Waals surface area contributed by atoms with E-state index in [4.69, 9.17) is 10.2 Å². The summed E-state index contributed by atoms with van der Waals surface area (Å²) < 4.78 is 4.52. The fourth-order valence-corrected chi connectivity index (χ4v) is 7.68. The highest BCUT2D eigenvalue weighted by Crippen LogP contribution is 2.38. The first-order valence-electron chi connectivity index (χ1n) is 18.5. The Hall–Kier alpha value is -7.50. The first kappa shape index (κ1) is 32.2. The number of para-hydroxylation sites is 3. The summed E-state index contributed by atoms with van der Waals surface area (Å²) in [6.45, 7) is 0. The van der Waals surface area contributed by atoms with Crippen LogP contribution in [0.15, 0.2) is 212 Å². The van der Waals surface area contributed by atoms with Gasteiger partial charge in [-0.3, -0.25) is 4.57 Å². The minimum Gasteiger partial charge on any atom is -0.311 e. The first-order chi connectivity index (χ1) is 27.3. The van der Waals surface area contributed by atoms with E-state index in [9.17, 15) is 0 Å². The monoisotopic (exact) mass is 705 g/mol. The van der Waals surface area contributed by atoms with E-state index in [0.29, 0.717) is 0 Å². The number of anilines is 3. The average molecular weight is 706 g/mol. The molecule has 0 fully saturated rings. The van der Waals surface area contributed by atoms with Crippen molar-refractivity contribution in [2.24, 2.45) is 0 Å². The van der Waals surface area contributed by atoms with Crippen molar-refractivity contribution in [1.82, 2.24) is 19.3 Å². The highest BCUT2D eigenvalue weighted by molar-refractivity contribution is 6.09. The predicted octanol–water partition coefficient (Wildman–Crippen LogP) is 12.8. The molecule has 0 saturated heterocycles. The molecule has 8 aromatic carbocycles. The molecule has 0 unspecified atom stereocenters. The molecule has 0 saturated carbocycles. The fraction of sp³-hybridized carbons (Fsp3) is 0. The fourth-order valence-electron chi connectivity index (χ4n) is 7.68. The number of nitrogens with zero attached hydrogens (tertiary/aromatic N) is 5. The number of hydrogen-bond acceptors (Lipinski definition) is 3. The summed E-state index contributed by atoms with van der Waals surface area (Å²) in [5.74, 6) is 1.57. The zero-order valence-electron chi connectivity index (χ0n) is 29.9. The van der Waals surface area contributed by atoms with Crippen LogP contribution in [0.5, 0.6) is 0 Å². The van der Waals surface area contributed by atoms with Gasteiger partial charge in [0.15, 0.2) is 11.6 Å². The Bertz CT molecular complexity index is 2840. The molecule has 5 heteroatoms. The molecule has 10 rings (SSSR count). The van der Waals surface area contributed by atoms with Crippen LogP contribution in [0.1, 0.15) is 0 Å². The summed E-state index contributed by atoms with van der Waals surface area (Å²) in [5.41, 5.74) is 12.0. The molecule has 55 heavy (non-hydrogen) atoms. The van der Waals surface area contributed by atoms with Crippen molar-refractivity contribution >= 4 is 38.9 Å². The van der Waals surface area contributed by atoms with Crippen LogP contribution in [0.2, 0.25) is 0 Å². The summed E-state index contributed by atoms with van der Waals surface area (Å²) in [4.78, 5) is 2.30. The maximum absolute atomic E-state index is 4.79. The van der Waals surface area contributed by atoms with E-state index >= 15 is 0 Å². The summed E-state index contributed by atoms with van der Waals surface area (Å²) in [5, 5.41) is 12.1. The average Bonchev–Trinajstić information content (AvgIpc) is 3.86. The van der Waals surface area contributed by atoms with Crippen LogP contribution in [-0.2, 0) is 0 Å². The van der Waals surface area contributed by atoms with Gasteiger partial charge in [0.1, 0.15) is 0 Å². The third kappa shape index (κ3) is 5.85. The zero-order valence-corrected chi connectivity index (χ0v) is 29.9. The minimum absolute atomic E-state index is 0.782. The van der Waals surface area contributed by atoms with Crippen molar-refractivity contribution in [2.45, 2.75) is 0 Å². The maximum Gasteiger partial charge on any atom is 0.168 e. The molecule has 0 aliphatic heterocycles. The van der Waals surface area contributed by atoms with Crippen LogP contribution in [0.4, 0.5) is 17.1 Å². The highest BCUT2D eigenvalue weighted by Gasteiger charge is 2.20. The first-order valence-corrected chi connectivity index (χ1v) is 18.5. The lowest BCUT2D eigenvalue weighted by molar-refractivity contribution is 1.07. The van der Waals surface area contributed by atoms with Gasteiger partial charge in [-0.25, -0.2) is 0 Å². The second-order valence-electron chi connectivity index (χ2n) is 13.6. The molecule has 2 heterocycles. The zero-order chi connectivity index (χ0) is 36.6. The molecule has 0 radical (unpaired) electrons. The molecule has 10 aromatic rings. The van der Waals surface area contributed by atoms with Gasteiger partial charge in [0.2, 0.25) is 0 Å². The third-order valence-electron chi connectivity index (χ3n) is 10.2. The molecule has 0 bridgehead atoms. The van der Waals surface area contributed by atoms with E-state index in [0.717, 1.165) is 62.3 Å². The number of hydrogen-bond donors (Lipinski definition) is 0. The van der Waals surface area contributed by atoms with Gasteiger partial charge in [-0.1, -0.05) is 133 Å². The van der Waals surface area contributed by atoms with Gasteiger partial charge in [-0.15, -0.1) is 10.2 Å². The Morgan fingerprint density at radius 1 is 0.309 bits per heavy atom. The summed E-state index contributed by atoms with van der Waals surface area (Å²) in [7, 11) is 0. The topological polar surface area (TPSA) is 38.9 Å². The molecule has 0 aliphatic carbocycles. The van der Waals surface area contributed by atoms with E-state index in [1.807, 2.05) is 24.3 Å². The number of fused-ring (bicyclic) bond motifs is 3. The third-order valence-corrected chi connectivity index (χ3v) is 10.2. The predicted molar refractivity (Wildman–Crippen MR) is 227 cm³/mol. The van der Waals surface area contributed by atoms with Crippen molar-refractivity contribution < 1.29 is 0 Å². The van der Waals surface area contributed by atoms with Crippen molar-refractivity contribution in [1.29, 1.82) is 0 Å². The molecular formula is C50H35N5. The smallest absolute Gasteiger partial charge is 0.168 e. The van der Waals surface area contributed by atoms with Crippen molar-refractivity contribution in [3.63, 3.8) is 0 Å². The summed E-state index contributed by atoms with van der Waals surface area (Å²) in [6.07, 6.45) is 0. The molecule has 0 spiro atoms. The van der Waals surface area contributed by atoms with Gasteiger partial charge < -0.3 is 9.47 Å². The molecule has 5 nitrogen and oxygen atoms in total. The van der Waals surface area contributed by atoms with Gasteiger partial charge in [-0.05, 0) is 90.0 Å². The number of rotatable bonds is 8. The second-order valence-corrected chi connectivity index (χ2v) is 13.6. The normalized spacial score (nSPS) is 11.3. The number of aromatic nitrogens is 4. The van der Waals surface area contributed by atoms with Gasteiger partial charge in [0, 0.05) is 50.3 Å². The van der Waals surface area contributed by atoms with Crippen molar-refractivity contribution in [2.75, 3.05) is 4.90 Å². The van der Waals surface area contributed by atoms with Crippen LogP contribution in [0.25, 0.3) is 67.1 Å². The maximum atomic E-state index is 4.79. The van der Waals surface area contributed by atoms with Crippen LogP contribution >= 0.6 is 0 Å². The lowest BCUT2D eigenvalue weighted by Gasteiger charge is -2.26.